The number of halogens is 2. The van der Waals surface area contributed by atoms with Crippen molar-refractivity contribution in [2.75, 3.05) is 27.3 Å². The van der Waals surface area contributed by atoms with Crippen LogP contribution in [0, 0.1) is 25.5 Å². The van der Waals surface area contributed by atoms with Gasteiger partial charge in [-0.3, -0.25) is 9.59 Å². The zero-order chi connectivity index (χ0) is 46.2. The summed E-state index contributed by atoms with van der Waals surface area (Å²) in [7, 11) is 3.24. The first-order chi connectivity index (χ1) is 31.9. The predicted octanol–water partition coefficient (Wildman–Crippen LogP) is 7.99. The highest BCUT2D eigenvalue weighted by Crippen LogP contribution is 2.41. The summed E-state index contributed by atoms with van der Waals surface area (Å²) in [5.74, 6) is 0.547. The Bertz CT molecular complexity index is 2690. The number of benzene rings is 4. The van der Waals surface area contributed by atoms with Crippen LogP contribution in [0.5, 0.6) is 11.5 Å². The average molecular weight is 895 g/mol. The van der Waals surface area contributed by atoms with Crippen LogP contribution >= 0.6 is 0 Å². The molecule has 14 heteroatoms. The van der Waals surface area contributed by atoms with E-state index in [1.807, 2.05) is 83.9 Å². The molecule has 0 radical (unpaired) electrons. The number of carbonyl (C=O) groups is 2. The number of aromatic nitrogens is 4. The Morgan fingerprint density at radius 3 is 1.42 bits per heavy atom. The van der Waals surface area contributed by atoms with Crippen molar-refractivity contribution >= 4 is 24.0 Å². The van der Waals surface area contributed by atoms with Gasteiger partial charge in [-0.1, -0.05) is 24.3 Å². The van der Waals surface area contributed by atoms with E-state index >= 15 is 0 Å². The molecule has 2 aliphatic heterocycles. The van der Waals surface area contributed by atoms with Crippen LogP contribution in [-0.2, 0) is 22.4 Å². The molecule has 0 unspecified atom stereocenters. The van der Waals surface area contributed by atoms with Gasteiger partial charge in [-0.05, 0) is 134 Å². The maximum Gasteiger partial charge on any atom is 0.250 e. The van der Waals surface area contributed by atoms with Crippen molar-refractivity contribution in [3.63, 3.8) is 0 Å². The molecule has 0 spiro atoms. The number of likely N-dealkylation sites (tertiary alicyclic amines) is 2. The number of rotatable bonds is 8. The normalized spacial score (nSPS) is 21.5. The summed E-state index contributed by atoms with van der Waals surface area (Å²) in [6.07, 6.45) is 13.3. The quantitative estimate of drug-likeness (QED) is 0.147. The van der Waals surface area contributed by atoms with E-state index in [1.165, 1.54) is 24.3 Å². The summed E-state index contributed by atoms with van der Waals surface area (Å²) in [6.45, 7) is 4.99. The number of methoxy groups -OCH3 is 2. The zero-order valence-corrected chi connectivity index (χ0v) is 37.3. The number of hydrogen-bond donors (Lipinski definition) is 2. The number of amides is 2. The lowest BCUT2D eigenvalue weighted by atomic mass is 9.96. The van der Waals surface area contributed by atoms with Crippen LogP contribution < -0.4 is 9.47 Å². The van der Waals surface area contributed by atoms with Crippen LogP contribution in [0.4, 0.5) is 8.78 Å². The minimum atomic E-state index is -0.733. The molecule has 4 heterocycles. The Morgan fingerprint density at radius 1 is 0.621 bits per heavy atom. The molecule has 2 amide bonds. The molecule has 0 saturated carbocycles. The summed E-state index contributed by atoms with van der Waals surface area (Å²) >= 11 is 0. The number of aliphatic hydroxyl groups is 2. The second-order valence-electron chi connectivity index (χ2n) is 17.4. The van der Waals surface area contributed by atoms with Gasteiger partial charge in [-0.25, -0.2) is 18.7 Å². The molecule has 2 aliphatic carbocycles. The standard InChI is InChI=1S/2C26H26FN3O3/c2*1-16-14-29(15-28-16)22-8-5-17(11-24(22)33-2)10-18-4-3-9-30(26(18)32)25-21-7-6-20(27)12-19(21)13-23(25)31/h2*5-8,10-12,14-15,23,25,31H,3-4,9,13H2,1-2H3/b2*18-10+/t2*23-,25+/m10/s1. The van der Waals surface area contributed by atoms with Crippen LogP contribution in [0.25, 0.3) is 23.5 Å². The van der Waals surface area contributed by atoms with Crippen molar-refractivity contribution in [3.8, 4) is 22.9 Å². The Morgan fingerprint density at radius 2 is 1.05 bits per heavy atom. The van der Waals surface area contributed by atoms with Crippen LogP contribution in [0.1, 0.15) is 82.5 Å². The van der Waals surface area contributed by atoms with Gasteiger partial charge in [0, 0.05) is 49.5 Å². The third-order valence-corrected chi connectivity index (χ3v) is 12.9. The SMILES string of the molecule is COc1cc(/C=C2\CCCN([C@@H]3c4ccc(F)cc4C[C@@H]3O)C2=O)ccc1-n1cnc(C)c1.COc1cc(/C=C2\CCCN([C@H]3c4ccc(F)cc4C[C@H]3O)C2=O)ccc1-n1cnc(C)c1. The van der Waals surface area contributed by atoms with Crippen LogP contribution in [0.3, 0.4) is 0 Å². The molecule has 4 aromatic carbocycles. The van der Waals surface area contributed by atoms with E-state index in [0.717, 1.165) is 69.0 Å². The number of piperidine rings is 2. The average Bonchev–Trinajstić information content (AvgIpc) is 4.09. The van der Waals surface area contributed by atoms with E-state index in [4.69, 9.17) is 9.47 Å². The first-order valence-corrected chi connectivity index (χ1v) is 22.2. The topological polar surface area (TPSA) is 135 Å². The fourth-order valence-corrected chi connectivity index (χ4v) is 9.89. The summed E-state index contributed by atoms with van der Waals surface area (Å²) in [5.41, 5.74) is 9.89. The molecule has 2 aromatic heterocycles. The molecule has 10 rings (SSSR count). The Hall–Kier alpha value is -6.90. The first kappa shape index (κ1) is 44.3. The van der Waals surface area contributed by atoms with Gasteiger partial charge in [0.2, 0.25) is 11.8 Å². The van der Waals surface area contributed by atoms with E-state index in [0.29, 0.717) is 61.4 Å². The molecule has 340 valence electrons. The number of hydrogen-bond acceptors (Lipinski definition) is 8. The van der Waals surface area contributed by atoms with Gasteiger partial charge in [0.05, 0.1) is 73.9 Å². The van der Waals surface area contributed by atoms with Crippen molar-refractivity contribution in [2.24, 2.45) is 0 Å². The van der Waals surface area contributed by atoms with Crippen molar-refractivity contribution in [1.82, 2.24) is 28.9 Å². The minimum absolute atomic E-state index is 0.0873. The molecule has 4 aliphatic rings. The number of carbonyl (C=O) groups excluding carboxylic acids is 2. The summed E-state index contributed by atoms with van der Waals surface area (Å²) in [4.78, 5) is 38.8. The number of nitrogens with zero attached hydrogens (tertiary/aromatic N) is 6. The smallest absolute Gasteiger partial charge is 0.250 e. The minimum Gasteiger partial charge on any atom is -0.495 e. The first-order valence-electron chi connectivity index (χ1n) is 22.2. The number of imidazole rings is 2. The highest BCUT2D eigenvalue weighted by atomic mass is 19.1. The molecule has 4 atom stereocenters. The van der Waals surface area contributed by atoms with E-state index < -0.39 is 24.3 Å². The maximum absolute atomic E-state index is 13.7. The maximum atomic E-state index is 13.7. The van der Waals surface area contributed by atoms with E-state index in [1.54, 1.807) is 48.8 Å². The molecule has 66 heavy (non-hydrogen) atoms. The van der Waals surface area contributed by atoms with Crippen LogP contribution in [-0.4, -0.2) is 90.4 Å². The molecular formula is C52H52F2N6O6. The third kappa shape index (κ3) is 8.78. The van der Waals surface area contributed by atoms with Crippen LogP contribution in [0.15, 0.2) is 109 Å². The Balaban J connectivity index is 0.000000166. The molecule has 2 fully saturated rings. The molecule has 2 N–H and O–H groups in total. The van der Waals surface area contributed by atoms with Crippen molar-refractivity contribution < 1.29 is 38.1 Å². The molecule has 2 saturated heterocycles. The monoisotopic (exact) mass is 894 g/mol. The fraction of sp³-hybridized carbons (Fsp3) is 0.308. The van der Waals surface area contributed by atoms with Gasteiger partial charge in [-0.15, -0.1) is 0 Å². The Kier molecular flexibility index (Phi) is 12.4. The van der Waals surface area contributed by atoms with Crippen molar-refractivity contribution in [3.05, 3.63) is 165 Å². The summed E-state index contributed by atoms with van der Waals surface area (Å²) in [6, 6.07) is 19.8. The Labute approximate surface area is 382 Å². The molecular weight excluding hydrogens is 843 g/mol. The van der Waals surface area contributed by atoms with Crippen molar-refractivity contribution in [2.45, 2.75) is 76.7 Å². The van der Waals surface area contributed by atoms with Gasteiger partial charge in [-0.2, -0.15) is 0 Å². The molecule has 0 bridgehead atoms. The van der Waals surface area contributed by atoms with Gasteiger partial charge in [0.1, 0.15) is 23.1 Å². The van der Waals surface area contributed by atoms with Gasteiger partial charge in [0.15, 0.2) is 0 Å². The summed E-state index contributed by atoms with van der Waals surface area (Å²) < 4.78 is 42.3. The van der Waals surface area contributed by atoms with Crippen LogP contribution in [0.2, 0.25) is 0 Å². The van der Waals surface area contributed by atoms with E-state index in [2.05, 4.69) is 9.97 Å². The van der Waals surface area contributed by atoms with Gasteiger partial charge < -0.3 is 38.6 Å². The number of fused-ring (bicyclic) bond motifs is 2. The second kappa shape index (κ2) is 18.5. The highest BCUT2D eigenvalue weighted by molar-refractivity contribution is 5.99. The number of aliphatic hydroxyl groups excluding tert-OH is 2. The molecule has 6 aromatic rings. The number of aryl methyl sites for hydroxylation is 2. The fourth-order valence-electron chi connectivity index (χ4n) is 9.89. The second-order valence-corrected chi connectivity index (χ2v) is 17.4. The van der Waals surface area contributed by atoms with E-state index in [9.17, 15) is 28.6 Å². The van der Waals surface area contributed by atoms with Gasteiger partial charge in [0.25, 0.3) is 0 Å². The zero-order valence-electron chi connectivity index (χ0n) is 37.3. The lowest BCUT2D eigenvalue weighted by Gasteiger charge is -2.35. The molecule has 12 nitrogen and oxygen atoms in total. The third-order valence-electron chi connectivity index (χ3n) is 12.9. The lowest BCUT2D eigenvalue weighted by molar-refractivity contribution is -0.134. The highest BCUT2D eigenvalue weighted by Gasteiger charge is 2.41. The van der Waals surface area contributed by atoms with Crippen molar-refractivity contribution in [1.29, 1.82) is 0 Å². The largest absolute Gasteiger partial charge is 0.495 e. The number of ether oxygens (including phenoxy) is 2. The lowest BCUT2D eigenvalue weighted by Crippen LogP contribution is -2.43. The predicted molar refractivity (Wildman–Crippen MR) is 245 cm³/mol. The van der Waals surface area contributed by atoms with E-state index in [-0.39, 0.29) is 23.4 Å². The van der Waals surface area contributed by atoms with Gasteiger partial charge >= 0.3 is 0 Å². The summed E-state index contributed by atoms with van der Waals surface area (Å²) in [5, 5.41) is 21.4.